The van der Waals surface area contributed by atoms with E-state index >= 15 is 9.13 Å². The van der Waals surface area contributed by atoms with Crippen LogP contribution in [-0.4, -0.2) is 59.7 Å². The van der Waals surface area contributed by atoms with Gasteiger partial charge in [0.05, 0.1) is 45.6 Å². The highest BCUT2D eigenvalue weighted by Crippen LogP contribution is 2.70. The van der Waals surface area contributed by atoms with Crippen molar-refractivity contribution in [3.8, 4) is 0 Å². The molecular formula is C67H63N7O10P2. The van der Waals surface area contributed by atoms with E-state index in [2.05, 4.69) is 29.2 Å². The van der Waals surface area contributed by atoms with E-state index in [0.29, 0.717) is 35.3 Å². The van der Waals surface area contributed by atoms with Gasteiger partial charge in [-0.1, -0.05) is 243 Å². The zero-order valence-electron chi connectivity index (χ0n) is 46.9. The third-order valence-corrected chi connectivity index (χ3v) is 19.2. The lowest BCUT2D eigenvalue weighted by atomic mass is 10.1. The molecule has 19 heteroatoms. The van der Waals surface area contributed by atoms with Crippen molar-refractivity contribution in [2.75, 3.05) is 6.61 Å². The molecule has 2 aromatic heterocycles. The van der Waals surface area contributed by atoms with Gasteiger partial charge in [0, 0.05) is 25.2 Å². The summed E-state index contributed by atoms with van der Waals surface area (Å²) < 4.78 is 83.5. The number of rotatable bonds is 26. The Morgan fingerprint density at radius 1 is 0.500 bits per heavy atom. The Kier molecular flexibility index (Phi) is 18.5. The zero-order chi connectivity index (χ0) is 58.6. The van der Waals surface area contributed by atoms with Crippen LogP contribution in [0, 0.1) is 0 Å². The summed E-state index contributed by atoms with van der Waals surface area (Å²) >= 11 is 0. The van der Waals surface area contributed by atoms with E-state index in [9.17, 15) is 4.79 Å². The van der Waals surface area contributed by atoms with Gasteiger partial charge in [0.1, 0.15) is 18.3 Å². The van der Waals surface area contributed by atoms with Crippen molar-refractivity contribution in [2.24, 2.45) is 4.99 Å². The van der Waals surface area contributed by atoms with Crippen LogP contribution in [0.15, 0.2) is 259 Å². The topological polar surface area (TPSA) is 170 Å². The minimum Gasteiger partial charge on any atom is -0.354 e. The van der Waals surface area contributed by atoms with E-state index in [-0.39, 0.29) is 50.0 Å². The minimum absolute atomic E-state index is 0.0702. The number of aromatic nitrogens is 4. The Morgan fingerprint density at radius 2 is 0.919 bits per heavy atom. The molecule has 6 atom stereocenters. The van der Waals surface area contributed by atoms with Crippen LogP contribution in [0.2, 0.25) is 0 Å². The third-order valence-electron chi connectivity index (χ3n) is 14.7. The molecule has 8 aromatic carbocycles. The van der Waals surface area contributed by atoms with Crippen LogP contribution in [0.4, 0.5) is 5.95 Å². The number of fused-ring (bicyclic) bond motifs is 2. The fourth-order valence-electron chi connectivity index (χ4n) is 10.3. The number of benzene rings is 8. The summed E-state index contributed by atoms with van der Waals surface area (Å²) in [4.78, 5) is 31.9. The summed E-state index contributed by atoms with van der Waals surface area (Å²) in [6, 6.07) is 76.1. The van der Waals surface area contributed by atoms with Gasteiger partial charge in [0.15, 0.2) is 23.7 Å². The van der Waals surface area contributed by atoms with Gasteiger partial charge >= 0.3 is 15.5 Å². The summed E-state index contributed by atoms with van der Waals surface area (Å²) in [7, 11) is -9.57. The lowest BCUT2D eigenvalue weighted by molar-refractivity contribution is -0.152. The van der Waals surface area contributed by atoms with Crippen LogP contribution in [0.25, 0.3) is 11.2 Å². The molecule has 2 aliphatic rings. The van der Waals surface area contributed by atoms with Crippen molar-refractivity contribution in [3.63, 3.8) is 0 Å². The molecule has 0 bridgehead atoms. The van der Waals surface area contributed by atoms with Crippen LogP contribution in [0.5, 0.6) is 0 Å². The predicted octanol–water partition coefficient (Wildman–Crippen LogP) is 13.8. The van der Waals surface area contributed by atoms with Gasteiger partial charge in [0.2, 0.25) is 5.95 Å². The second-order valence-electron chi connectivity index (χ2n) is 20.8. The highest BCUT2D eigenvalue weighted by atomic mass is 31.3. The number of aliphatic imine (C=N–C) groups is 1. The Bertz CT molecular complexity index is 3890. The maximum Gasteiger partial charge on any atom is 0.418 e. The first-order chi connectivity index (χ1) is 42.2. The quantitative estimate of drug-likeness (QED) is 0.0285. The first kappa shape index (κ1) is 58.1. The van der Waals surface area contributed by atoms with Crippen LogP contribution in [0.3, 0.4) is 0 Å². The van der Waals surface area contributed by atoms with Gasteiger partial charge in [-0.2, -0.15) is 4.98 Å². The summed E-state index contributed by atoms with van der Waals surface area (Å²) in [5, 5.41) is 0. The van der Waals surface area contributed by atoms with Gasteiger partial charge in [0.25, 0.3) is 5.56 Å². The Hall–Kier alpha value is -8.28. The molecule has 4 heterocycles. The molecular weight excluding hydrogens is 1120 g/mol. The fraction of sp³-hybridized carbons (Fsp3) is 0.194. The minimum atomic E-state index is -4.87. The Balaban J connectivity index is 0.924. The third kappa shape index (κ3) is 14.0. The Labute approximate surface area is 498 Å². The fourth-order valence-corrected chi connectivity index (χ4v) is 14.6. The van der Waals surface area contributed by atoms with Crippen LogP contribution >= 0.6 is 15.5 Å². The molecule has 0 N–H and O–H groups in total. The second kappa shape index (κ2) is 27.4. The van der Waals surface area contributed by atoms with Crippen LogP contribution in [-0.2, 0) is 87.4 Å². The molecule has 2 aliphatic heterocycles. The van der Waals surface area contributed by atoms with Gasteiger partial charge in [-0.25, -0.2) is 19.1 Å². The summed E-state index contributed by atoms with van der Waals surface area (Å²) in [6.45, 7) is -0.0425. The molecule has 0 aliphatic carbocycles. The van der Waals surface area contributed by atoms with E-state index in [1.807, 2.05) is 218 Å². The standard InChI is InChI=1S/C67H63N7O10P2/c75-64-60-63(70-67(72(64)43-53-29-13-3-14-30-53)69-49-71(41-51-25-9-1-10-26-51)42-52-27-11-2-12-28-52)73(50-68-60)65-62-61(83-66(84-62)58-39-23-8-24-40-58)59(82-65)48-81-86(77,80-47-57-37-21-7-22-38-57)74(44-54-31-15-4-16-32-54)85(76,78-45-55-33-17-5-18-34-55)79-46-56-35-19-6-20-36-56/h1-40,49-50,59,61-62,65-66H,41-48H2/b69-49+/t59-,61-,62-,65-,66?,86?/m1/s1. The number of hydrogen-bond acceptors (Lipinski definition) is 13. The highest BCUT2D eigenvalue weighted by molar-refractivity contribution is 7.66. The second-order valence-corrected chi connectivity index (χ2v) is 25.0. The number of ether oxygens (including phenoxy) is 3. The molecule has 2 fully saturated rings. The van der Waals surface area contributed by atoms with E-state index in [4.69, 9.17) is 47.3 Å². The van der Waals surface area contributed by atoms with Crippen molar-refractivity contribution in [1.82, 2.24) is 28.4 Å². The summed E-state index contributed by atoms with van der Waals surface area (Å²) in [5.74, 6) is 0.128. The van der Waals surface area contributed by atoms with Gasteiger partial charge in [-0.15, -0.1) is 4.44 Å². The SMILES string of the molecule is O=c1c2ncn([C@@H]3O[C@H](COP(=O)(OCc4ccccc4)N(Cc4ccccc4)P(=O)(OCc4ccccc4)OCc4ccccc4)[C@H]4OC(c5ccccc5)O[C@H]43)c2nc(/N=C/N(Cc2ccccc2)Cc2ccccc2)n1Cc1ccccc1. The van der Waals surface area contributed by atoms with E-state index < -0.39 is 58.5 Å². The monoisotopic (exact) mass is 1190 g/mol. The van der Waals surface area contributed by atoms with Crippen LogP contribution < -0.4 is 5.56 Å². The molecule has 2 saturated heterocycles. The predicted molar refractivity (Wildman–Crippen MR) is 327 cm³/mol. The molecule has 2 unspecified atom stereocenters. The van der Waals surface area contributed by atoms with E-state index in [1.54, 1.807) is 10.9 Å². The lowest BCUT2D eigenvalue weighted by Crippen LogP contribution is -2.32. The Morgan fingerprint density at radius 3 is 1.41 bits per heavy atom. The maximum absolute atomic E-state index is 16.5. The smallest absolute Gasteiger partial charge is 0.354 e. The van der Waals surface area contributed by atoms with Crippen molar-refractivity contribution >= 4 is 38.9 Å². The van der Waals surface area contributed by atoms with Crippen molar-refractivity contribution in [3.05, 3.63) is 304 Å². The van der Waals surface area contributed by atoms with E-state index in [0.717, 1.165) is 26.7 Å². The maximum atomic E-state index is 16.5. The molecule has 10 aromatic rings. The van der Waals surface area contributed by atoms with E-state index in [1.165, 1.54) is 10.9 Å². The largest absolute Gasteiger partial charge is 0.418 e. The molecule has 0 spiro atoms. The number of hydrogen-bond donors (Lipinski definition) is 0. The molecule has 86 heavy (non-hydrogen) atoms. The molecule has 436 valence electrons. The molecule has 0 amide bonds. The lowest BCUT2D eigenvalue weighted by Gasteiger charge is -2.35. The van der Waals surface area contributed by atoms with Crippen LogP contribution in [0.1, 0.15) is 57.0 Å². The first-order valence-electron chi connectivity index (χ1n) is 28.3. The normalized spacial score (nSPS) is 18.4. The average Bonchev–Trinajstić information content (AvgIpc) is 2.08. The van der Waals surface area contributed by atoms with Gasteiger partial charge < -0.3 is 19.1 Å². The molecule has 0 radical (unpaired) electrons. The number of nitrogens with zero attached hydrogens (tertiary/aromatic N) is 7. The van der Waals surface area contributed by atoms with Gasteiger partial charge in [-0.3, -0.25) is 32.0 Å². The average molecular weight is 1190 g/mol. The highest BCUT2D eigenvalue weighted by Gasteiger charge is 2.56. The molecule has 12 rings (SSSR count). The van der Waals surface area contributed by atoms with Crippen molar-refractivity contribution < 1.29 is 41.4 Å². The van der Waals surface area contributed by atoms with Crippen molar-refractivity contribution in [2.45, 2.75) is 76.8 Å². The zero-order valence-corrected chi connectivity index (χ0v) is 48.7. The molecule has 17 nitrogen and oxygen atoms in total. The number of imidazole rings is 1. The van der Waals surface area contributed by atoms with Crippen molar-refractivity contribution in [1.29, 1.82) is 0 Å². The molecule has 0 saturated carbocycles. The first-order valence-corrected chi connectivity index (χ1v) is 31.3. The summed E-state index contributed by atoms with van der Waals surface area (Å²) in [5.41, 5.74) is 6.25. The summed E-state index contributed by atoms with van der Waals surface area (Å²) in [6.07, 6.45) is -1.50. The van der Waals surface area contributed by atoms with Gasteiger partial charge in [-0.05, 0) is 38.9 Å².